The minimum absolute atomic E-state index is 0.0598. The summed E-state index contributed by atoms with van der Waals surface area (Å²) in [6.45, 7) is 5.39. The summed E-state index contributed by atoms with van der Waals surface area (Å²) in [5, 5.41) is 9.14. The summed E-state index contributed by atoms with van der Waals surface area (Å²) < 4.78 is 28.5. The van der Waals surface area contributed by atoms with Gasteiger partial charge in [0.15, 0.2) is 0 Å². The molecule has 0 spiro atoms. The number of hydrogen-bond donors (Lipinski definition) is 2. The Bertz CT molecular complexity index is 653. The minimum atomic E-state index is -3.79. The molecule has 0 aromatic carbocycles. The second kappa shape index (κ2) is 6.78. The number of nitrogens with one attached hydrogen (secondary N) is 1. The first-order valence-corrected chi connectivity index (χ1v) is 8.12. The van der Waals surface area contributed by atoms with Gasteiger partial charge in [-0.15, -0.1) is 12.3 Å². The molecule has 1 aromatic heterocycles. The molecule has 6 nitrogen and oxygen atoms in total. The van der Waals surface area contributed by atoms with Crippen molar-refractivity contribution in [2.75, 3.05) is 0 Å². The number of aromatic nitrogens is 1. The summed E-state index contributed by atoms with van der Waals surface area (Å²) in [5.74, 6) is 1.25. The molecule has 0 radical (unpaired) electrons. The van der Waals surface area contributed by atoms with Crippen LogP contribution < -0.4 is 4.72 Å². The Hall–Kier alpha value is -1.78. The molecular formula is C14H20N2O4S. The molecule has 1 aromatic rings. The van der Waals surface area contributed by atoms with Crippen LogP contribution in [-0.2, 0) is 10.0 Å². The molecule has 0 aliphatic carbocycles. The van der Waals surface area contributed by atoms with E-state index in [0.717, 1.165) is 6.07 Å². The number of terminal acetylenes is 1. The zero-order valence-corrected chi connectivity index (χ0v) is 13.1. The van der Waals surface area contributed by atoms with Gasteiger partial charge in [-0.1, -0.05) is 6.92 Å². The van der Waals surface area contributed by atoms with Gasteiger partial charge in [-0.3, -0.25) is 0 Å². The SMILES string of the molecule is C#CCC(CC)NS(=O)(=O)c1cc(C(=O)O)n(C(C)C)c1. The Balaban J connectivity index is 3.18. The minimum Gasteiger partial charge on any atom is -0.477 e. The van der Waals surface area contributed by atoms with E-state index in [1.165, 1.54) is 10.8 Å². The smallest absolute Gasteiger partial charge is 0.352 e. The fraction of sp³-hybridized carbons (Fsp3) is 0.500. The molecule has 2 N–H and O–H groups in total. The van der Waals surface area contributed by atoms with Gasteiger partial charge < -0.3 is 9.67 Å². The predicted octanol–water partition coefficient (Wildman–Crippen LogP) is 1.85. The molecule has 0 saturated carbocycles. The first-order valence-electron chi connectivity index (χ1n) is 6.63. The Labute approximate surface area is 125 Å². The highest BCUT2D eigenvalue weighted by Gasteiger charge is 2.24. The fourth-order valence-corrected chi connectivity index (χ4v) is 3.24. The largest absolute Gasteiger partial charge is 0.477 e. The zero-order chi connectivity index (χ0) is 16.2. The molecule has 116 valence electrons. The summed E-state index contributed by atoms with van der Waals surface area (Å²) in [6.07, 6.45) is 7.38. The monoisotopic (exact) mass is 312 g/mol. The summed E-state index contributed by atoms with van der Waals surface area (Å²) in [4.78, 5) is 11.1. The number of hydrogen-bond acceptors (Lipinski definition) is 3. The predicted molar refractivity (Wildman–Crippen MR) is 79.6 cm³/mol. The molecule has 0 amide bonds. The van der Waals surface area contributed by atoms with Crippen LogP contribution in [-0.4, -0.2) is 30.1 Å². The molecule has 21 heavy (non-hydrogen) atoms. The van der Waals surface area contributed by atoms with Crippen LogP contribution in [0.1, 0.15) is 50.1 Å². The van der Waals surface area contributed by atoms with Crippen molar-refractivity contribution in [1.82, 2.24) is 9.29 Å². The quantitative estimate of drug-likeness (QED) is 0.752. The number of sulfonamides is 1. The van der Waals surface area contributed by atoms with E-state index < -0.39 is 16.0 Å². The van der Waals surface area contributed by atoms with Gasteiger partial charge in [0.25, 0.3) is 0 Å². The summed E-state index contributed by atoms with van der Waals surface area (Å²) >= 11 is 0. The highest BCUT2D eigenvalue weighted by Crippen LogP contribution is 2.19. The normalized spacial score (nSPS) is 13.1. The van der Waals surface area contributed by atoms with Gasteiger partial charge in [0.05, 0.1) is 0 Å². The molecule has 1 atom stereocenters. The summed E-state index contributed by atoms with van der Waals surface area (Å²) in [5.41, 5.74) is -0.0598. The van der Waals surface area contributed by atoms with Crippen LogP contribution in [0.25, 0.3) is 0 Å². The highest BCUT2D eigenvalue weighted by molar-refractivity contribution is 7.89. The van der Waals surface area contributed by atoms with Gasteiger partial charge in [-0.2, -0.15) is 0 Å². The van der Waals surface area contributed by atoms with Crippen molar-refractivity contribution >= 4 is 16.0 Å². The summed E-state index contributed by atoms with van der Waals surface area (Å²) in [6, 6.07) is 0.635. The summed E-state index contributed by atoms with van der Waals surface area (Å²) in [7, 11) is -3.79. The molecule has 0 aliphatic rings. The molecule has 0 aliphatic heterocycles. The Morgan fingerprint density at radius 3 is 2.52 bits per heavy atom. The van der Waals surface area contributed by atoms with Crippen LogP contribution >= 0.6 is 0 Å². The topological polar surface area (TPSA) is 88.4 Å². The van der Waals surface area contributed by atoms with E-state index in [0.29, 0.717) is 6.42 Å². The van der Waals surface area contributed by atoms with Crippen molar-refractivity contribution in [3.8, 4) is 12.3 Å². The molecular weight excluding hydrogens is 292 g/mol. The lowest BCUT2D eigenvalue weighted by molar-refractivity contribution is 0.0683. The van der Waals surface area contributed by atoms with Gasteiger partial charge in [0.2, 0.25) is 10.0 Å². The van der Waals surface area contributed by atoms with Gasteiger partial charge >= 0.3 is 5.97 Å². The third-order valence-electron chi connectivity index (χ3n) is 3.09. The second-order valence-corrected chi connectivity index (χ2v) is 6.72. The van der Waals surface area contributed by atoms with Crippen LogP contribution in [0.3, 0.4) is 0 Å². The lowest BCUT2D eigenvalue weighted by Gasteiger charge is -2.13. The van der Waals surface area contributed by atoms with Crippen LogP contribution in [0.5, 0.6) is 0 Å². The third-order valence-corrected chi connectivity index (χ3v) is 4.58. The van der Waals surface area contributed by atoms with Gasteiger partial charge in [-0.25, -0.2) is 17.9 Å². The molecule has 1 rings (SSSR count). The van der Waals surface area contributed by atoms with E-state index in [4.69, 9.17) is 11.5 Å². The van der Waals surface area contributed by atoms with Crippen LogP contribution in [0.15, 0.2) is 17.2 Å². The lowest BCUT2D eigenvalue weighted by atomic mass is 10.2. The Kier molecular flexibility index (Phi) is 5.58. The van der Waals surface area contributed by atoms with E-state index in [9.17, 15) is 13.2 Å². The number of carbonyl (C=O) groups is 1. The maximum absolute atomic E-state index is 12.3. The van der Waals surface area contributed by atoms with Gasteiger partial charge in [0.1, 0.15) is 10.6 Å². The van der Waals surface area contributed by atoms with Crippen LogP contribution in [0, 0.1) is 12.3 Å². The van der Waals surface area contributed by atoms with E-state index in [1.807, 2.05) is 6.92 Å². The number of rotatable bonds is 7. The average Bonchev–Trinajstić information content (AvgIpc) is 2.84. The third kappa shape index (κ3) is 4.09. The second-order valence-electron chi connectivity index (χ2n) is 5.00. The number of carboxylic acid groups (broad SMARTS) is 1. The van der Waals surface area contributed by atoms with Crippen molar-refractivity contribution in [2.24, 2.45) is 0 Å². The van der Waals surface area contributed by atoms with E-state index >= 15 is 0 Å². The fourth-order valence-electron chi connectivity index (χ4n) is 1.90. The van der Waals surface area contributed by atoms with Crippen molar-refractivity contribution in [1.29, 1.82) is 0 Å². The van der Waals surface area contributed by atoms with Crippen molar-refractivity contribution in [3.05, 3.63) is 18.0 Å². The Morgan fingerprint density at radius 2 is 2.14 bits per heavy atom. The number of carboxylic acids is 1. The average molecular weight is 312 g/mol. The molecule has 0 bridgehead atoms. The van der Waals surface area contributed by atoms with Crippen molar-refractivity contribution in [3.63, 3.8) is 0 Å². The highest BCUT2D eigenvalue weighted by atomic mass is 32.2. The zero-order valence-electron chi connectivity index (χ0n) is 12.3. The first-order chi connectivity index (χ1) is 9.72. The van der Waals surface area contributed by atoms with Gasteiger partial charge in [-0.05, 0) is 26.3 Å². The maximum Gasteiger partial charge on any atom is 0.352 e. The molecule has 7 heteroatoms. The van der Waals surface area contributed by atoms with E-state index in [2.05, 4.69) is 10.6 Å². The number of nitrogens with zero attached hydrogens (tertiary/aromatic N) is 1. The Morgan fingerprint density at radius 1 is 1.52 bits per heavy atom. The van der Waals surface area contributed by atoms with Crippen LogP contribution in [0.4, 0.5) is 0 Å². The van der Waals surface area contributed by atoms with Crippen LogP contribution in [0.2, 0.25) is 0 Å². The van der Waals surface area contributed by atoms with Gasteiger partial charge in [0, 0.05) is 24.7 Å². The standard InChI is InChI=1S/C14H20N2O4S/c1-5-7-11(6-2)15-21(19,20)12-8-13(14(17)18)16(9-12)10(3)4/h1,8-11,15H,6-7H2,2-4H3,(H,17,18). The van der Waals surface area contributed by atoms with E-state index in [-0.39, 0.29) is 29.1 Å². The molecule has 1 heterocycles. The number of aromatic carboxylic acids is 1. The molecule has 0 fully saturated rings. The molecule has 1 unspecified atom stereocenters. The lowest BCUT2D eigenvalue weighted by Crippen LogP contribution is -2.33. The van der Waals surface area contributed by atoms with Crippen molar-refractivity contribution in [2.45, 2.75) is 50.6 Å². The first kappa shape index (κ1) is 17.3. The molecule has 0 saturated heterocycles. The van der Waals surface area contributed by atoms with Crippen molar-refractivity contribution < 1.29 is 18.3 Å². The van der Waals surface area contributed by atoms with E-state index in [1.54, 1.807) is 13.8 Å². The maximum atomic E-state index is 12.3.